The molecule has 0 radical (unpaired) electrons. The molecule has 4 aromatic rings. The molecule has 0 aliphatic carbocycles. The zero-order valence-electron chi connectivity index (χ0n) is 20.8. The smallest absolute Gasteiger partial charge is 0.277 e. The number of anilines is 3. The van der Waals surface area contributed by atoms with Crippen LogP contribution in [0.2, 0.25) is 0 Å². The maximum absolute atomic E-state index is 11.5. The Morgan fingerprint density at radius 3 is 2.50 bits per heavy atom. The molecule has 1 aliphatic rings. The number of hydrogen-bond donors (Lipinski definition) is 3. The number of fused-ring (bicyclic) bond motifs is 1. The fraction of sp³-hybridized carbons (Fsp3) is 0.280. The van der Waals surface area contributed by atoms with E-state index in [-0.39, 0.29) is 11.5 Å². The maximum atomic E-state index is 11.5. The van der Waals surface area contributed by atoms with Gasteiger partial charge in [0.2, 0.25) is 11.9 Å². The predicted molar refractivity (Wildman–Crippen MR) is 144 cm³/mol. The fourth-order valence-electron chi connectivity index (χ4n) is 4.07. The van der Waals surface area contributed by atoms with Gasteiger partial charge < -0.3 is 19.9 Å². The molecular weight excluding hydrogens is 508 g/mol. The highest BCUT2D eigenvalue weighted by molar-refractivity contribution is 7.19. The quantitative estimate of drug-likeness (QED) is 0.239. The van der Waals surface area contributed by atoms with Crippen LogP contribution in [0.25, 0.3) is 21.6 Å². The minimum absolute atomic E-state index is 0.127. The second kappa shape index (κ2) is 11.0. The van der Waals surface area contributed by atoms with Crippen molar-refractivity contribution in [3.63, 3.8) is 0 Å². The summed E-state index contributed by atoms with van der Waals surface area (Å²) in [7, 11) is 1.86. The van der Waals surface area contributed by atoms with Crippen molar-refractivity contribution in [1.82, 2.24) is 25.4 Å². The summed E-state index contributed by atoms with van der Waals surface area (Å²) in [5, 5.41) is 11.6. The number of benzene rings is 1. The Labute approximate surface area is 222 Å². The van der Waals surface area contributed by atoms with Crippen LogP contribution in [-0.4, -0.2) is 70.3 Å². The third-order valence-corrected chi connectivity index (χ3v) is 7.02. The van der Waals surface area contributed by atoms with E-state index >= 15 is 0 Å². The number of ether oxygens (including phenoxy) is 1. The lowest BCUT2D eigenvalue weighted by Gasteiger charge is -2.28. The summed E-state index contributed by atoms with van der Waals surface area (Å²) in [6.45, 7) is 4.74. The number of morpholine rings is 1. The Kier molecular flexibility index (Phi) is 7.40. The van der Waals surface area contributed by atoms with Crippen molar-refractivity contribution in [2.24, 2.45) is 0 Å². The van der Waals surface area contributed by atoms with Crippen molar-refractivity contribution < 1.29 is 19.5 Å². The first-order valence-electron chi connectivity index (χ1n) is 11.9. The number of nitrogens with one attached hydrogen (secondary N) is 2. The summed E-state index contributed by atoms with van der Waals surface area (Å²) < 4.78 is 6.55. The minimum atomic E-state index is -0.668. The number of hydrogen-bond acceptors (Lipinski definition) is 11. The van der Waals surface area contributed by atoms with Crippen molar-refractivity contribution >= 4 is 50.8 Å². The standard InChI is InChI=1S/C25H26N8O4S/c1-15(34)28-18-5-3-16(4-6-18)22-29-20-11-19(38-21(20)23(30-22)33-7-9-37-10-8-33)14-32(2)25-26-12-17(13-27-25)24(35)31-36/h3-6,11-13,36H,7-10,14H2,1-2H3,(H,28,34)(H,31,35). The second-order valence-electron chi connectivity index (χ2n) is 8.72. The molecule has 2 amide bonds. The molecule has 38 heavy (non-hydrogen) atoms. The first-order valence-corrected chi connectivity index (χ1v) is 12.7. The highest BCUT2D eigenvalue weighted by Gasteiger charge is 2.21. The highest BCUT2D eigenvalue weighted by atomic mass is 32.1. The molecule has 1 aliphatic heterocycles. The number of nitrogens with zero attached hydrogens (tertiary/aromatic N) is 6. The van der Waals surface area contributed by atoms with Gasteiger partial charge in [-0.15, -0.1) is 11.3 Å². The van der Waals surface area contributed by atoms with Crippen LogP contribution in [0.3, 0.4) is 0 Å². The van der Waals surface area contributed by atoms with E-state index in [1.165, 1.54) is 19.3 Å². The fourth-order valence-corrected chi connectivity index (χ4v) is 5.24. The normalized spacial score (nSPS) is 13.4. The van der Waals surface area contributed by atoms with E-state index in [1.807, 2.05) is 42.3 Å². The summed E-state index contributed by atoms with van der Waals surface area (Å²) in [6.07, 6.45) is 2.72. The van der Waals surface area contributed by atoms with Gasteiger partial charge in [0.25, 0.3) is 5.91 Å². The molecule has 4 heterocycles. The van der Waals surface area contributed by atoms with Crippen LogP contribution >= 0.6 is 11.3 Å². The van der Waals surface area contributed by atoms with Crippen LogP contribution in [0.15, 0.2) is 42.7 Å². The van der Waals surface area contributed by atoms with Gasteiger partial charge in [-0.2, -0.15) is 0 Å². The molecule has 3 aromatic heterocycles. The van der Waals surface area contributed by atoms with Crippen molar-refractivity contribution in [2.75, 3.05) is 48.5 Å². The summed E-state index contributed by atoms with van der Waals surface area (Å²) in [4.78, 5) is 46.4. The largest absolute Gasteiger partial charge is 0.378 e. The molecule has 0 spiro atoms. The zero-order valence-corrected chi connectivity index (χ0v) is 21.7. The average Bonchev–Trinajstić information content (AvgIpc) is 3.35. The number of thiophene rings is 1. The zero-order chi connectivity index (χ0) is 26.6. The summed E-state index contributed by atoms with van der Waals surface area (Å²) in [5.41, 5.74) is 4.13. The molecule has 0 bridgehead atoms. The third kappa shape index (κ3) is 5.54. The van der Waals surface area contributed by atoms with E-state index in [2.05, 4.69) is 20.2 Å². The van der Waals surface area contributed by atoms with Gasteiger partial charge in [-0.25, -0.2) is 25.4 Å². The molecule has 12 nitrogen and oxygen atoms in total. The summed E-state index contributed by atoms with van der Waals surface area (Å²) in [6, 6.07) is 9.51. The molecule has 1 aromatic carbocycles. The molecule has 1 fully saturated rings. The average molecular weight is 535 g/mol. The minimum Gasteiger partial charge on any atom is -0.378 e. The van der Waals surface area contributed by atoms with Crippen molar-refractivity contribution in [1.29, 1.82) is 0 Å². The van der Waals surface area contributed by atoms with Gasteiger partial charge in [-0.3, -0.25) is 14.8 Å². The highest BCUT2D eigenvalue weighted by Crippen LogP contribution is 2.35. The van der Waals surface area contributed by atoms with E-state index in [1.54, 1.807) is 16.8 Å². The SMILES string of the molecule is CC(=O)Nc1ccc(-c2nc(N3CCOCC3)c3sc(CN(C)c4ncc(C(=O)NO)cn4)cc3n2)cc1. The van der Waals surface area contributed by atoms with Crippen LogP contribution in [0.5, 0.6) is 0 Å². The lowest BCUT2D eigenvalue weighted by Crippen LogP contribution is -2.36. The van der Waals surface area contributed by atoms with Gasteiger partial charge in [0.05, 0.1) is 35.5 Å². The molecule has 13 heteroatoms. The lowest BCUT2D eigenvalue weighted by molar-refractivity contribution is -0.114. The van der Waals surface area contributed by atoms with Crippen LogP contribution in [0, 0.1) is 0 Å². The predicted octanol–water partition coefficient (Wildman–Crippen LogP) is 2.70. The van der Waals surface area contributed by atoms with Gasteiger partial charge in [-0.1, -0.05) is 0 Å². The van der Waals surface area contributed by atoms with E-state index in [4.69, 9.17) is 19.9 Å². The van der Waals surface area contributed by atoms with E-state index in [0.717, 1.165) is 39.6 Å². The van der Waals surface area contributed by atoms with Crippen molar-refractivity contribution in [3.05, 3.63) is 53.2 Å². The molecule has 0 unspecified atom stereocenters. The molecule has 3 N–H and O–H groups in total. The molecule has 5 rings (SSSR count). The number of hydroxylamine groups is 1. The number of rotatable bonds is 7. The summed E-state index contributed by atoms with van der Waals surface area (Å²) in [5.74, 6) is 1.12. The first-order chi connectivity index (χ1) is 18.4. The molecule has 0 saturated carbocycles. The maximum Gasteiger partial charge on any atom is 0.277 e. The molecule has 1 saturated heterocycles. The topological polar surface area (TPSA) is 146 Å². The Hall–Kier alpha value is -4.20. The Morgan fingerprint density at radius 2 is 1.84 bits per heavy atom. The number of carbonyl (C=O) groups excluding carboxylic acids is 2. The number of aromatic nitrogens is 4. The third-order valence-electron chi connectivity index (χ3n) is 5.92. The summed E-state index contributed by atoms with van der Waals surface area (Å²) >= 11 is 1.62. The van der Waals surface area contributed by atoms with E-state index in [0.29, 0.717) is 37.2 Å². The van der Waals surface area contributed by atoms with Crippen molar-refractivity contribution in [3.8, 4) is 11.4 Å². The van der Waals surface area contributed by atoms with E-state index in [9.17, 15) is 9.59 Å². The Balaban J connectivity index is 1.46. The van der Waals surface area contributed by atoms with Crippen LogP contribution < -0.4 is 20.6 Å². The van der Waals surface area contributed by atoms with Gasteiger partial charge >= 0.3 is 0 Å². The van der Waals surface area contributed by atoms with Gasteiger partial charge in [0, 0.05) is 55.6 Å². The Morgan fingerprint density at radius 1 is 1.13 bits per heavy atom. The van der Waals surface area contributed by atoms with Crippen molar-refractivity contribution in [2.45, 2.75) is 13.5 Å². The van der Waals surface area contributed by atoms with Crippen LogP contribution in [0.1, 0.15) is 22.2 Å². The second-order valence-corrected chi connectivity index (χ2v) is 9.86. The molecular formula is C25H26N8O4S. The number of carbonyl (C=O) groups is 2. The molecule has 196 valence electrons. The lowest BCUT2D eigenvalue weighted by atomic mass is 10.2. The number of amides is 2. The Bertz CT molecular complexity index is 1450. The first kappa shape index (κ1) is 25.4. The van der Waals surface area contributed by atoms with Gasteiger partial charge in [-0.05, 0) is 30.3 Å². The monoisotopic (exact) mass is 534 g/mol. The van der Waals surface area contributed by atoms with E-state index < -0.39 is 5.91 Å². The van der Waals surface area contributed by atoms with Gasteiger partial charge in [0.15, 0.2) is 11.6 Å². The van der Waals surface area contributed by atoms with Gasteiger partial charge in [0.1, 0.15) is 0 Å². The van der Waals surface area contributed by atoms with Crippen LogP contribution in [0.4, 0.5) is 17.5 Å². The molecule has 0 atom stereocenters. The van der Waals surface area contributed by atoms with Crippen LogP contribution in [-0.2, 0) is 16.1 Å².